The van der Waals surface area contributed by atoms with Gasteiger partial charge in [-0.05, 0) is 36.1 Å². The van der Waals surface area contributed by atoms with Crippen LogP contribution in [0.2, 0.25) is 0 Å². The number of ether oxygens (including phenoxy) is 2. The van der Waals surface area contributed by atoms with Gasteiger partial charge in [-0.1, -0.05) is 79.9 Å². The highest BCUT2D eigenvalue weighted by atomic mass is 16.7. The van der Waals surface area contributed by atoms with Gasteiger partial charge in [-0.2, -0.15) is 0 Å². The van der Waals surface area contributed by atoms with Crippen LogP contribution >= 0.6 is 0 Å². The Morgan fingerprint density at radius 3 is 1.68 bits per heavy atom. The normalized spacial score (nSPS) is 20.9. The van der Waals surface area contributed by atoms with Gasteiger partial charge in [0, 0.05) is 36.9 Å². The maximum Gasteiger partial charge on any atom is 0.349 e. The van der Waals surface area contributed by atoms with E-state index in [4.69, 9.17) is 9.47 Å². The Morgan fingerprint density at radius 2 is 1.21 bits per heavy atom. The van der Waals surface area contributed by atoms with E-state index in [1.54, 1.807) is 13.8 Å². The molecule has 0 spiro atoms. The molecule has 5 heteroatoms. The average molecular weight is 456 g/mol. The largest absolute Gasteiger partial charge is 0.419 e. The number of hydrogen-bond donors (Lipinski definition) is 0. The minimum atomic E-state index is -1.28. The molecule has 1 saturated carbocycles. The molecule has 0 radical (unpaired) electrons. The summed E-state index contributed by atoms with van der Waals surface area (Å²) < 4.78 is 10.8. The number of hydrogen-bond acceptors (Lipinski definition) is 5. The molecule has 1 saturated heterocycles. The van der Waals surface area contributed by atoms with Crippen molar-refractivity contribution >= 4 is 23.3 Å². The third kappa shape index (κ3) is 4.30. The second-order valence-electron chi connectivity index (χ2n) is 9.46. The van der Waals surface area contributed by atoms with Crippen LogP contribution in [0.3, 0.4) is 0 Å². The van der Waals surface area contributed by atoms with E-state index in [-0.39, 0.29) is 5.57 Å². The Labute approximate surface area is 200 Å². The summed E-state index contributed by atoms with van der Waals surface area (Å²) >= 11 is 0. The van der Waals surface area contributed by atoms with Crippen molar-refractivity contribution in [1.29, 1.82) is 0 Å². The molecular weight excluding hydrogens is 426 g/mol. The fraction of sp³-hybridized carbons (Fsp3) is 0.310. The van der Waals surface area contributed by atoms with E-state index in [0.717, 1.165) is 35.4 Å². The van der Waals surface area contributed by atoms with Gasteiger partial charge < -0.3 is 14.4 Å². The van der Waals surface area contributed by atoms with Crippen LogP contribution in [0.4, 0.5) is 0 Å². The predicted molar refractivity (Wildman–Crippen MR) is 131 cm³/mol. The molecule has 2 aromatic carbocycles. The van der Waals surface area contributed by atoms with Gasteiger partial charge in [0.1, 0.15) is 0 Å². The van der Waals surface area contributed by atoms with Crippen LogP contribution in [0, 0.1) is 0 Å². The molecule has 5 rings (SSSR count). The fourth-order valence-electron chi connectivity index (χ4n) is 5.03. The smallest absolute Gasteiger partial charge is 0.349 e. The molecule has 174 valence electrons. The Morgan fingerprint density at radius 1 is 0.735 bits per heavy atom. The van der Waals surface area contributed by atoms with Gasteiger partial charge >= 0.3 is 11.9 Å². The fourth-order valence-corrected chi connectivity index (χ4v) is 5.03. The van der Waals surface area contributed by atoms with Crippen molar-refractivity contribution in [2.24, 2.45) is 0 Å². The molecule has 0 atom stereocenters. The van der Waals surface area contributed by atoms with E-state index >= 15 is 0 Å². The van der Waals surface area contributed by atoms with E-state index < -0.39 is 17.7 Å². The minimum Gasteiger partial charge on any atom is -0.419 e. The molecule has 2 aromatic rings. The van der Waals surface area contributed by atoms with Crippen molar-refractivity contribution in [3.8, 4) is 0 Å². The Hall–Kier alpha value is -3.60. The highest BCUT2D eigenvalue weighted by Gasteiger charge is 2.41. The van der Waals surface area contributed by atoms with Crippen LogP contribution in [-0.4, -0.2) is 28.7 Å². The summed E-state index contributed by atoms with van der Waals surface area (Å²) in [5, 5.41) is 0. The molecule has 2 aliphatic heterocycles. The number of carbonyl (C=O) groups excluding carboxylic acids is 2. The molecule has 0 aromatic heterocycles. The summed E-state index contributed by atoms with van der Waals surface area (Å²) in [5.74, 6) is -2.59. The first-order valence-corrected chi connectivity index (χ1v) is 12.0. The topological polar surface area (TPSA) is 55.8 Å². The van der Waals surface area contributed by atoms with Gasteiger partial charge in [-0.3, -0.25) is 0 Å². The number of benzene rings is 2. The lowest BCUT2D eigenvalue weighted by Gasteiger charge is -2.42. The molecule has 3 aliphatic rings. The van der Waals surface area contributed by atoms with Gasteiger partial charge in [-0.15, -0.1) is 0 Å². The van der Waals surface area contributed by atoms with Crippen LogP contribution in [0.15, 0.2) is 84.0 Å². The summed E-state index contributed by atoms with van der Waals surface area (Å²) in [4.78, 5) is 28.3. The van der Waals surface area contributed by atoms with Crippen LogP contribution in [-0.2, 0) is 19.1 Å². The molecule has 2 heterocycles. The van der Waals surface area contributed by atoms with Crippen molar-refractivity contribution < 1.29 is 19.1 Å². The van der Waals surface area contributed by atoms with Crippen molar-refractivity contribution in [2.45, 2.75) is 57.8 Å². The molecule has 2 fully saturated rings. The van der Waals surface area contributed by atoms with Gasteiger partial charge in [0.2, 0.25) is 0 Å². The SMILES string of the molecule is CC1(C)OC(=O)C(=C2C=C(c3ccccc3)N(C3CCCCC3)C(c3ccccc3)=C2)C(=O)O1. The zero-order valence-electron chi connectivity index (χ0n) is 19.6. The second kappa shape index (κ2) is 8.98. The van der Waals surface area contributed by atoms with Crippen molar-refractivity contribution in [2.75, 3.05) is 0 Å². The lowest BCUT2D eigenvalue weighted by Crippen LogP contribution is -2.42. The number of esters is 2. The monoisotopic (exact) mass is 455 g/mol. The minimum absolute atomic E-state index is 0.0653. The van der Waals surface area contributed by atoms with Crippen molar-refractivity contribution in [3.63, 3.8) is 0 Å². The van der Waals surface area contributed by atoms with E-state index in [9.17, 15) is 9.59 Å². The van der Waals surface area contributed by atoms with Crippen LogP contribution < -0.4 is 0 Å². The van der Waals surface area contributed by atoms with Gasteiger partial charge in [0.25, 0.3) is 5.79 Å². The van der Waals surface area contributed by atoms with Crippen LogP contribution in [0.1, 0.15) is 57.1 Å². The maximum absolute atomic E-state index is 12.9. The van der Waals surface area contributed by atoms with Crippen LogP contribution in [0.25, 0.3) is 11.4 Å². The molecule has 0 unspecified atom stereocenters. The highest BCUT2D eigenvalue weighted by Crippen LogP contribution is 2.42. The number of carbonyl (C=O) groups is 2. The quantitative estimate of drug-likeness (QED) is 0.330. The first kappa shape index (κ1) is 22.2. The summed E-state index contributed by atoms with van der Waals surface area (Å²) in [6.45, 7) is 3.12. The predicted octanol–water partition coefficient (Wildman–Crippen LogP) is 5.85. The van der Waals surface area contributed by atoms with Crippen molar-refractivity contribution in [3.05, 3.63) is 95.1 Å². The third-order valence-corrected chi connectivity index (χ3v) is 6.56. The first-order chi connectivity index (χ1) is 16.4. The number of rotatable bonds is 3. The zero-order valence-corrected chi connectivity index (χ0v) is 19.6. The standard InChI is InChI=1S/C29H29NO4/c1-29(2)33-27(31)26(28(32)34-29)22-18-24(20-12-6-3-7-13-20)30(23-16-10-5-11-17-23)25(19-22)21-14-8-4-9-15-21/h3-4,6-9,12-15,18-19,23H,5,10-11,16-17H2,1-2H3. The van der Waals surface area contributed by atoms with Gasteiger partial charge in [0.15, 0.2) is 5.57 Å². The highest BCUT2D eigenvalue weighted by molar-refractivity contribution is 6.17. The Balaban J connectivity index is 1.72. The van der Waals surface area contributed by atoms with Crippen LogP contribution in [0.5, 0.6) is 0 Å². The summed E-state index contributed by atoms with van der Waals surface area (Å²) in [6, 6.07) is 20.6. The van der Waals surface area contributed by atoms with Gasteiger partial charge in [0.05, 0.1) is 0 Å². The van der Waals surface area contributed by atoms with Gasteiger partial charge in [-0.25, -0.2) is 9.59 Å². The molecule has 0 bridgehead atoms. The number of cyclic esters (lactones) is 2. The van der Waals surface area contributed by atoms with Crippen molar-refractivity contribution in [1.82, 2.24) is 4.90 Å². The van der Waals surface area contributed by atoms with E-state index in [0.29, 0.717) is 11.6 Å². The molecular formula is C29H29NO4. The molecule has 0 amide bonds. The molecule has 5 nitrogen and oxygen atoms in total. The lowest BCUT2D eigenvalue weighted by molar-refractivity contribution is -0.222. The zero-order chi connectivity index (χ0) is 23.7. The Kier molecular flexibility index (Phi) is 5.86. The first-order valence-electron chi connectivity index (χ1n) is 12.0. The second-order valence-corrected chi connectivity index (χ2v) is 9.46. The Bertz CT molecular complexity index is 1100. The molecule has 34 heavy (non-hydrogen) atoms. The van der Waals surface area contributed by atoms with E-state index in [1.165, 1.54) is 19.3 Å². The summed E-state index contributed by atoms with van der Waals surface area (Å²) in [7, 11) is 0. The molecule has 0 N–H and O–H groups in total. The molecule has 1 aliphatic carbocycles. The summed E-state index contributed by atoms with van der Waals surface area (Å²) in [5.41, 5.74) is 4.46. The maximum atomic E-state index is 12.9. The third-order valence-electron chi connectivity index (χ3n) is 6.56. The average Bonchev–Trinajstić information content (AvgIpc) is 2.84. The number of nitrogens with zero attached hydrogens (tertiary/aromatic N) is 1. The lowest BCUT2D eigenvalue weighted by atomic mass is 9.88. The number of allylic oxidation sites excluding steroid dienone is 3. The van der Waals surface area contributed by atoms with E-state index in [2.05, 4.69) is 29.2 Å². The van der Waals surface area contributed by atoms with E-state index in [1.807, 2.05) is 48.6 Å². The summed E-state index contributed by atoms with van der Waals surface area (Å²) in [6.07, 6.45) is 9.69.